The minimum absolute atomic E-state index is 0.0922. The lowest BCUT2D eigenvalue weighted by atomic mass is 9.85. The average molecular weight is 1620 g/mol. The molecule has 0 amide bonds. The topological polar surface area (TPSA) is 68.1 Å². The van der Waals surface area contributed by atoms with Crippen molar-refractivity contribution in [1.82, 2.24) is 0 Å². The van der Waals surface area contributed by atoms with Gasteiger partial charge in [0.05, 0.1) is 21.9 Å². The molecule has 124 heavy (non-hydrogen) atoms. The summed E-state index contributed by atoms with van der Waals surface area (Å²) in [5.41, 5.74) is 24.0. The van der Waals surface area contributed by atoms with Crippen LogP contribution in [0.5, 0.6) is 0 Å². The van der Waals surface area contributed by atoms with Crippen molar-refractivity contribution in [2.24, 2.45) is 40.0 Å². The number of nitrogens with zero attached hydrogens (tertiary/aromatic N) is 4. The number of aryl methyl sites for hydroxylation is 8. The molecule has 0 atom stereocenters. The van der Waals surface area contributed by atoms with Gasteiger partial charge in [0.2, 0.25) is 22.8 Å². The van der Waals surface area contributed by atoms with E-state index in [1.165, 1.54) is 132 Å². The zero-order valence-electron chi connectivity index (χ0n) is 76.3. The van der Waals surface area contributed by atoms with Crippen LogP contribution in [-0.2, 0) is 40.9 Å². The predicted molar refractivity (Wildman–Crippen MR) is 515 cm³/mol. The minimum Gasteiger partial charge on any atom is -0.456 e. The Labute approximate surface area is 729 Å². The van der Waals surface area contributed by atoms with Crippen molar-refractivity contribution < 1.29 is 41.4 Å². The van der Waals surface area contributed by atoms with E-state index in [9.17, 15) is 0 Å². The number of furan rings is 4. The number of hydrogen-bond donors (Lipinski definition) is 0. The van der Waals surface area contributed by atoms with Crippen LogP contribution in [0.15, 0.2) is 315 Å². The molecule has 0 bridgehead atoms. The van der Waals surface area contributed by atoms with Gasteiger partial charge in [-0.15, -0.1) is 0 Å². The number of pyridine rings is 4. The van der Waals surface area contributed by atoms with E-state index in [4.69, 9.17) is 23.2 Å². The first kappa shape index (κ1) is 73.2. The van der Waals surface area contributed by atoms with Gasteiger partial charge >= 0.3 is 0 Å². The number of rotatable bonds is 9. The Morgan fingerprint density at radius 3 is 1.06 bits per heavy atom. The van der Waals surface area contributed by atoms with Crippen molar-refractivity contribution in [3.05, 3.63) is 337 Å². The van der Waals surface area contributed by atoms with Gasteiger partial charge in [0.25, 0.3) is 0 Å². The van der Waals surface area contributed by atoms with Crippen LogP contribution in [0.4, 0.5) is 0 Å². The number of aromatic nitrogens is 4. The quantitative estimate of drug-likeness (QED) is 0.135. The maximum atomic E-state index is 8.99. The third kappa shape index (κ3) is 14.0. The summed E-state index contributed by atoms with van der Waals surface area (Å²) in [4.78, 5) is 0. The van der Waals surface area contributed by atoms with Gasteiger partial charge in [-0.1, -0.05) is 248 Å². The summed E-state index contributed by atoms with van der Waals surface area (Å²) < 4.78 is 70.0. The highest BCUT2D eigenvalue weighted by atomic mass is 16.3. The highest BCUT2D eigenvalue weighted by Gasteiger charge is 2.29. The molecule has 8 nitrogen and oxygen atoms in total. The molecular weight excluding hydrogens is 1510 g/mol. The molecular formula is C116H104N4O4+4. The van der Waals surface area contributed by atoms with Gasteiger partial charge < -0.3 is 17.7 Å². The molecule has 0 unspecified atom stereocenters. The zero-order chi connectivity index (χ0) is 87.7. The Bertz CT molecular complexity index is 8240. The zero-order valence-corrected chi connectivity index (χ0v) is 72.3. The number of fused-ring (bicyclic) bond motifs is 22. The highest BCUT2D eigenvalue weighted by molar-refractivity contribution is 6.24. The van der Waals surface area contributed by atoms with Crippen molar-refractivity contribution in [2.45, 2.75) is 118 Å². The second kappa shape index (κ2) is 32.0. The molecule has 14 aromatic carbocycles. The Morgan fingerprint density at radius 2 is 0.645 bits per heavy atom. The van der Waals surface area contributed by atoms with Gasteiger partial charge in [0.1, 0.15) is 72.9 Å². The fourth-order valence-electron chi connectivity index (χ4n) is 20.3. The van der Waals surface area contributed by atoms with Crippen LogP contribution in [-0.4, -0.2) is 0 Å². The van der Waals surface area contributed by atoms with Crippen LogP contribution in [0, 0.1) is 39.5 Å². The highest BCUT2D eigenvalue weighted by Crippen LogP contribution is 2.47. The van der Waals surface area contributed by atoms with Crippen LogP contribution in [0.3, 0.4) is 0 Å². The van der Waals surface area contributed by atoms with Gasteiger partial charge in [0.15, 0.2) is 24.8 Å². The first-order valence-corrected chi connectivity index (χ1v) is 44.3. The lowest BCUT2D eigenvalue weighted by Crippen LogP contribution is -2.31. The molecule has 8 heteroatoms. The van der Waals surface area contributed by atoms with E-state index >= 15 is 0 Å². The normalized spacial score (nSPS) is 14.2. The maximum absolute atomic E-state index is 8.99. The third-order valence-corrected chi connectivity index (χ3v) is 26.8. The molecule has 0 spiro atoms. The van der Waals surface area contributed by atoms with E-state index in [2.05, 4.69) is 347 Å². The fraction of sp³-hybridized carbons (Fsp3) is 0.207. The summed E-state index contributed by atoms with van der Waals surface area (Å²) in [5, 5.41) is 24.0. The predicted octanol–water partition coefficient (Wildman–Crippen LogP) is 29.4. The molecule has 24 rings (SSSR count). The lowest BCUT2D eigenvalue weighted by molar-refractivity contribution is -0.660. The summed E-state index contributed by atoms with van der Waals surface area (Å²) >= 11 is 0. The Balaban J connectivity index is 0.000000104. The SMILES string of the molecule is Cc1ccc2c(oc3ccc4ccccc4c32)c1-c1c2ccc(C(C)C)cc2cc[n+]1C.Cc1ccc2c(oc3ccc4ccccc4c32)c1-c1c2ccccc2cc[n+]1C.[2H]C([2H])(c1cc[n+](C)c(-c2cc3c(cc2C)oc2ccc4ccccc4c23)c1)C1CCCC1.[2H]C([2H])(c1cc[n+](C)c(-c2cc3c(cc2C)oc2ccc4ccccc4c23)c1)C1CCCCC1. The molecule has 2 saturated carbocycles. The van der Waals surface area contributed by atoms with E-state index in [-0.39, 0.29) is 11.8 Å². The lowest BCUT2D eigenvalue weighted by Gasteiger charge is -2.21. The van der Waals surface area contributed by atoms with E-state index in [1.54, 1.807) is 0 Å². The van der Waals surface area contributed by atoms with Crippen LogP contribution in [0.25, 0.3) is 197 Å². The van der Waals surface area contributed by atoms with Crippen molar-refractivity contribution >= 4 is 152 Å². The van der Waals surface area contributed by atoms with E-state index in [0.717, 1.165) is 162 Å². The Hall–Kier alpha value is -13.6. The molecule has 8 heterocycles. The first-order chi connectivity index (χ1) is 62.1. The van der Waals surface area contributed by atoms with E-state index in [1.807, 2.05) is 38.6 Å². The summed E-state index contributed by atoms with van der Waals surface area (Å²) in [5.74, 6) is 0.700. The molecule has 608 valence electrons. The Morgan fingerprint density at radius 1 is 0.298 bits per heavy atom. The second-order valence-corrected chi connectivity index (χ2v) is 35.2. The van der Waals surface area contributed by atoms with Gasteiger partial charge in [0, 0.05) is 96.1 Å². The Kier molecular flexibility index (Phi) is 18.9. The van der Waals surface area contributed by atoms with Crippen molar-refractivity contribution in [1.29, 1.82) is 0 Å². The monoisotopic (exact) mass is 1620 g/mol. The molecule has 0 saturated heterocycles. The summed E-state index contributed by atoms with van der Waals surface area (Å²) in [6, 6.07) is 96.2. The standard InChI is InChI=1S/C30H26NO.C30H30NO.C29H28NO.C27H20NO/c1-18(2)21-10-13-24-22(17-21)15-16-31(4)29(24)27-19(3)9-12-25-28-23-8-6-5-7-20(23)11-14-26(28)32-30(25)27;1-20-16-29-26(30-24-11-7-6-10-23(24)12-13-28(30)32-29)19-25(20)27-18-22(14-15-31(27)2)17-21-8-4-3-5-9-21;1-19-15-28-25(29-23-10-6-5-9-22(23)11-12-27(29)31-28)18-24(19)26-17-21(13-14-30(26)2)16-20-7-3-4-8-20;1-17-11-13-22-25-20-9-5-3-7-18(20)12-14-23(25)29-27(22)24(17)26-21-10-6-4-8-19(21)15-16-28(26)2/h5-18H,1-4H3;6-7,10-16,18-19,21H,3-5,8-9,17H2,1-2H3;5-6,9-15,17-18,20H,3-4,7-8,16H2,1-2H3;3-16H,1-2H3/q4*+1/i;17D2;16D2;. The van der Waals surface area contributed by atoms with Gasteiger partial charge in [-0.3, -0.25) is 0 Å². The van der Waals surface area contributed by atoms with Gasteiger partial charge in [-0.05, 0) is 212 Å². The van der Waals surface area contributed by atoms with Crippen molar-refractivity contribution in [3.8, 4) is 45.0 Å². The molecule has 22 aromatic rings. The van der Waals surface area contributed by atoms with Crippen LogP contribution >= 0.6 is 0 Å². The number of benzene rings is 14. The van der Waals surface area contributed by atoms with E-state index < -0.39 is 12.7 Å². The first-order valence-electron chi connectivity index (χ1n) is 46.3. The maximum Gasteiger partial charge on any atom is 0.224 e. The van der Waals surface area contributed by atoms with Crippen LogP contribution < -0.4 is 18.3 Å². The number of hydrogen-bond acceptors (Lipinski definition) is 4. The minimum atomic E-state index is -1.32. The second-order valence-electron chi connectivity index (χ2n) is 35.2. The van der Waals surface area contributed by atoms with E-state index in [0.29, 0.717) is 5.92 Å². The summed E-state index contributed by atoms with van der Waals surface area (Å²) in [6.07, 6.45) is 15.3. The smallest absolute Gasteiger partial charge is 0.224 e. The van der Waals surface area contributed by atoms with Crippen LogP contribution in [0.2, 0.25) is 0 Å². The molecule has 0 N–H and O–H groups in total. The molecule has 2 fully saturated rings. The summed E-state index contributed by atoms with van der Waals surface area (Å²) in [7, 11) is 8.32. The molecule has 2 aliphatic rings. The fourth-order valence-corrected chi connectivity index (χ4v) is 20.3. The largest absolute Gasteiger partial charge is 0.456 e. The summed E-state index contributed by atoms with van der Waals surface area (Å²) in [6.45, 7) is 13.1. The molecule has 8 aromatic heterocycles. The van der Waals surface area contributed by atoms with Crippen molar-refractivity contribution in [3.63, 3.8) is 0 Å². The van der Waals surface area contributed by atoms with Crippen LogP contribution in [0.1, 0.15) is 122 Å². The molecule has 0 aliphatic heterocycles. The van der Waals surface area contributed by atoms with Crippen molar-refractivity contribution in [2.75, 3.05) is 0 Å². The third-order valence-electron chi connectivity index (χ3n) is 26.8. The average Bonchev–Trinajstić information content (AvgIpc) is 1.55. The van der Waals surface area contributed by atoms with Gasteiger partial charge in [-0.25, -0.2) is 18.3 Å². The van der Waals surface area contributed by atoms with Gasteiger partial charge in [-0.2, -0.15) is 0 Å². The molecule has 2 aliphatic carbocycles. The molecule has 0 radical (unpaired) electrons.